The number of aryl methyl sites for hydroxylation is 1. The molecule has 4 rings (SSSR count). The number of nitrogens with zero attached hydrogens (tertiary/aromatic N) is 1. The van der Waals surface area contributed by atoms with E-state index in [1.165, 1.54) is 13.4 Å². The van der Waals surface area contributed by atoms with Gasteiger partial charge in [0.25, 0.3) is 17.7 Å². The minimum Gasteiger partial charge on any atom is -0.495 e. The Bertz CT molecular complexity index is 1270. The largest absolute Gasteiger partial charge is 0.495 e. The molecule has 0 saturated heterocycles. The van der Waals surface area contributed by atoms with Gasteiger partial charge >= 0.3 is 0 Å². The molecule has 0 bridgehead atoms. The highest BCUT2D eigenvalue weighted by Crippen LogP contribution is 2.36. The topological polar surface area (TPSA) is 101 Å². The highest BCUT2D eigenvalue weighted by atomic mass is 35.5. The molecule has 1 aliphatic rings. The van der Waals surface area contributed by atoms with E-state index in [0.29, 0.717) is 28.4 Å². The molecule has 3 aromatic rings. The molecule has 2 N–H and O–H groups in total. The molecule has 33 heavy (non-hydrogen) atoms. The van der Waals surface area contributed by atoms with Gasteiger partial charge < -0.3 is 19.8 Å². The highest BCUT2D eigenvalue weighted by molar-refractivity contribution is 6.53. The second-order valence-corrected chi connectivity index (χ2v) is 7.66. The molecule has 1 aliphatic heterocycles. The normalized spacial score (nSPS) is 13.5. The van der Waals surface area contributed by atoms with Gasteiger partial charge in [-0.1, -0.05) is 23.7 Å². The number of amides is 3. The summed E-state index contributed by atoms with van der Waals surface area (Å²) in [5.74, 6) is -0.628. The standard InChI is InChI=1S/C24H20ClN3O5/c1-14-8-9-19(32-2)18(11-14)28-23(30)20(25)21(24(28)31)27-16-6-3-5-15(12-16)22(29)26-13-17-7-4-10-33-17/h3-12,27H,13H2,1-2H3,(H,26,29). The molecule has 0 spiro atoms. The summed E-state index contributed by atoms with van der Waals surface area (Å²) in [4.78, 5) is 39.4. The lowest BCUT2D eigenvalue weighted by molar-refractivity contribution is -0.120. The van der Waals surface area contributed by atoms with Crippen LogP contribution in [0.4, 0.5) is 11.4 Å². The number of carbonyl (C=O) groups is 3. The summed E-state index contributed by atoms with van der Waals surface area (Å²) in [6, 6.07) is 15.1. The van der Waals surface area contributed by atoms with Gasteiger partial charge in [0.15, 0.2) is 0 Å². The minimum absolute atomic E-state index is 0.0848. The lowest BCUT2D eigenvalue weighted by Gasteiger charge is -2.18. The number of halogens is 1. The van der Waals surface area contributed by atoms with Crippen LogP contribution in [-0.4, -0.2) is 24.8 Å². The molecule has 0 fully saturated rings. The zero-order valence-electron chi connectivity index (χ0n) is 17.8. The minimum atomic E-state index is -0.666. The molecule has 0 radical (unpaired) electrons. The second-order valence-electron chi connectivity index (χ2n) is 7.28. The van der Waals surface area contributed by atoms with Crippen LogP contribution in [-0.2, 0) is 16.1 Å². The molecular weight excluding hydrogens is 446 g/mol. The molecule has 0 saturated carbocycles. The molecule has 9 heteroatoms. The number of benzene rings is 2. The van der Waals surface area contributed by atoms with Crippen LogP contribution >= 0.6 is 11.6 Å². The number of furan rings is 1. The fourth-order valence-electron chi connectivity index (χ4n) is 3.37. The number of carbonyl (C=O) groups excluding carboxylic acids is 3. The van der Waals surface area contributed by atoms with E-state index >= 15 is 0 Å². The van der Waals surface area contributed by atoms with Crippen LogP contribution in [0, 0.1) is 6.92 Å². The SMILES string of the molecule is COc1ccc(C)cc1N1C(=O)C(Cl)=C(Nc2cccc(C(=O)NCc3ccco3)c2)C1=O. The van der Waals surface area contributed by atoms with Gasteiger partial charge in [-0.2, -0.15) is 0 Å². The molecule has 2 aromatic carbocycles. The van der Waals surface area contributed by atoms with Gasteiger partial charge in [-0.25, -0.2) is 4.90 Å². The summed E-state index contributed by atoms with van der Waals surface area (Å²) >= 11 is 6.24. The first-order chi connectivity index (χ1) is 15.9. The maximum Gasteiger partial charge on any atom is 0.283 e. The van der Waals surface area contributed by atoms with E-state index in [0.717, 1.165) is 10.5 Å². The van der Waals surface area contributed by atoms with E-state index in [9.17, 15) is 14.4 Å². The van der Waals surface area contributed by atoms with Gasteiger partial charge in [-0.15, -0.1) is 0 Å². The average Bonchev–Trinajstić information content (AvgIpc) is 3.41. The average molecular weight is 466 g/mol. The molecule has 8 nitrogen and oxygen atoms in total. The quantitative estimate of drug-likeness (QED) is 0.512. The van der Waals surface area contributed by atoms with Crippen LogP contribution in [0.25, 0.3) is 0 Å². The third kappa shape index (κ3) is 4.47. The number of hydrogen-bond acceptors (Lipinski definition) is 6. The van der Waals surface area contributed by atoms with Crippen LogP contribution in [0.2, 0.25) is 0 Å². The third-order valence-corrected chi connectivity index (χ3v) is 5.35. The zero-order chi connectivity index (χ0) is 23.5. The second kappa shape index (κ2) is 9.22. The molecule has 1 aromatic heterocycles. The summed E-state index contributed by atoms with van der Waals surface area (Å²) in [5.41, 5.74) is 1.84. The Hall–Kier alpha value is -4.04. The molecule has 0 atom stereocenters. The van der Waals surface area contributed by atoms with Crippen molar-refractivity contribution in [3.8, 4) is 5.75 Å². The van der Waals surface area contributed by atoms with Crippen molar-refractivity contribution in [3.63, 3.8) is 0 Å². The summed E-state index contributed by atoms with van der Waals surface area (Å²) in [5, 5.41) is 5.38. The summed E-state index contributed by atoms with van der Waals surface area (Å²) in [6.45, 7) is 2.07. The number of rotatable bonds is 7. The monoisotopic (exact) mass is 465 g/mol. The van der Waals surface area contributed by atoms with Crippen LogP contribution in [0.3, 0.4) is 0 Å². The fraction of sp³-hybridized carbons (Fsp3) is 0.125. The molecule has 0 aliphatic carbocycles. The first kappa shape index (κ1) is 22.2. The first-order valence-electron chi connectivity index (χ1n) is 10.00. The van der Waals surface area contributed by atoms with Gasteiger partial charge in [0.2, 0.25) is 0 Å². The van der Waals surface area contributed by atoms with Crippen LogP contribution in [0.5, 0.6) is 5.75 Å². The number of hydrogen-bond donors (Lipinski definition) is 2. The molecule has 0 unspecified atom stereocenters. The maximum absolute atomic E-state index is 13.1. The maximum atomic E-state index is 13.1. The predicted molar refractivity (Wildman–Crippen MR) is 123 cm³/mol. The van der Waals surface area contributed by atoms with Crippen molar-refractivity contribution in [2.24, 2.45) is 0 Å². The summed E-state index contributed by atoms with van der Waals surface area (Å²) in [7, 11) is 1.45. The van der Waals surface area contributed by atoms with Crippen LogP contribution in [0.1, 0.15) is 21.7 Å². The van der Waals surface area contributed by atoms with E-state index in [1.807, 2.05) is 13.0 Å². The smallest absolute Gasteiger partial charge is 0.283 e. The highest BCUT2D eigenvalue weighted by Gasteiger charge is 2.40. The van der Waals surface area contributed by atoms with Crippen molar-refractivity contribution < 1.29 is 23.5 Å². The van der Waals surface area contributed by atoms with Crippen molar-refractivity contribution in [2.75, 3.05) is 17.3 Å². The molecule has 2 heterocycles. The van der Waals surface area contributed by atoms with Gasteiger partial charge in [-0.05, 0) is 55.0 Å². The van der Waals surface area contributed by atoms with Crippen LogP contribution < -0.4 is 20.3 Å². The van der Waals surface area contributed by atoms with Crippen molar-refractivity contribution in [1.29, 1.82) is 0 Å². The number of imide groups is 1. The molecular formula is C24H20ClN3O5. The lowest BCUT2D eigenvalue weighted by atomic mass is 10.1. The lowest BCUT2D eigenvalue weighted by Crippen LogP contribution is -2.32. The molecule has 168 valence electrons. The van der Waals surface area contributed by atoms with Crippen molar-refractivity contribution in [3.05, 3.63) is 88.5 Å². The third-order valence-electron chi connectivity index (χ3n) is 5.00. The summed E-state index contributed by atoms with van der Waals surface area (Å²) < 4.78 is 10.5. The zero-order valence-corrected chi connectivity index (χ0v) is 18.6. The summed E-state index contributed by atoms with van der Waals surface area (Å²) in [6.07, 6.45) is 1.53. The predicted octanol–water partition coefficient (Wildman–Crippen LogP) is 3.96. The van der Waals surface area contributed by atoms with E-state index < -0.39 is 11.8 Å². The van der Waals surface area contributed by atoms with E-state index in [1.54, 1.807) is 48.5 Å². The number of nitrogens with one attached hydrogen (secondary N) is 2. The van der Waals surface area contributed by atoms with E-state index in [-0.39, 0.29) is 23.2 Å². The van der Waals surface area contributed by atoms with Gasteiger partial charge in [0.05, 0.1) is 25.6 Å². The van der Waals surface area contributed by atoms with Crippen molar-refractivity contribution >= 4 is 40.7 Å². The number of methoxy groups -OCH3 is 1. The number of ether oxygens (including phenoxy) is 1. The van der Waals surface area contributed by atoms with Crippen LogP contribution in [0.15, 0.2) is 76.0 Å². The first-order valence-corrected chi connectivity index (χ1v) is 10.4. The van der Waals surface area contributed by atoms with E-state index in [2.05, 4.69) is 10.6 Å². The van der Waals surface area contributed by atoms with Gasteiger partial charge in [0.1, 0.15) is 22.2 Å². The Balaban J connectivity index is 1.54. The Kier molecular flexibility index (Phi) is 6.19. The molecule has 3 amide bonds. The Morgan fingerprint density at radius 1 is 1.09 bits per heavy atom. The Morgan fingerprint density at radius 3 is 2.64 bits per heavy atom. The number of anilines is 2. The van der Waals surface area contributed by atoms with Crippen molar-refractivity contribution in [1.82, 2.24) is 5.32 Å². The Labute approximate surface area is 194 Å². The fourth-order valence-corrected chi connectivity index (χ4v) is 3.58. The van der Waals surface area contributed by atoms with E-state index in [4.69, 9.17) is 20.8 Å². The Morgan fingerprint density at radius 2 is 1.91 bits per heavy atom. The van der Waals surface area contributed by atoms with Gasteiger partial charge in [0, 0.05) is 11.3 Å². The van der Waals surface area contributed by atoms with Crippen molar-refractivity contribution in [2.45, 2.75) is 13.5 Å². The van der Waals surface area contributed by atoms with Gasteiger partial charge in [-0.3, -0.25) is 14.4 Å².